The molecular weight excluding hydrogens is 363 g/mol. The van der Waals surface area contributed by atoms with Crippen molar-refractivity contribution < 1.29 is 24.2 Å². The SMILES string of the molecule is O=C(NCC#Cc1ccc(F)cc1)[C@H](O)[C@@H](O)C(=O)N1Cc2ccccc2C1. The first-order valence-electron chi connectivity index (χ1n) is 8.69. The maximum atomic E-state index is 12.8. The molecule has 2 aromatic rings. The fourth-order valence-corrected chi connectivity index (χ4v) is 2.87. The molecule has 28 heavy (non-hydrogen) atoms. The molecule has 0 saturated carbocycles. The van der Waals surface area contributed by atoms with Crippen molar-refractivity contribution in [2.75, 3.05) is 6.54 Å². The Labute approximate surface area is 161 Å². The summed E-state index contributed by atoms with van der Waals surface area (Å²) in [6.45, 7) is 0.552. The van der Waals surface area contributed by atoms with Crippen molar-refractivity contribution in [1.82, 2.24) is 10.2 Å². The van der Waals surface area contributed by atoms with Crippen molar-refractivity contribution in [3.05, 3.63) is 71.0 Å². The highest BCUT2D eigenvalue weighted by molar-refractivity contribution is 5.91. The van der Waals surface area contributed by atoms with E-state index in [9.17, 15) is 24.2 Å². The van der Waals surface area contributed by atoms with Crippen LogP contribution in [-0.4, -0.2) is 45.7 Å². The number of hydrogen-bond acceptors (Lipinski definition) is 4. The largest absolute Gasteiger partial charge is 0.380 e. The van der Waals surface area contributed by atoms with Gasteiger partial charge in [0, 0.05) is 18.7 Å². The Morgan fingerprint density at radius 3 is 2.25 bits per heavy atom. The molecule has 0 fully saturated rings. The minimum atomic E-state index is -1.90. The Kier molecular flexibility index (Phi) is 6.04. The summed E-state index contributed by atoms with van der Waals surface area (Å²) in [6.07, 6.45) is -3.76. The van der Waals surface area contributed by atoms with Crippen LogP contribution < -0.4 is 5.32 Å². The van der Waals surface area contributed by atoms with E-state index in [-0.39, 0.29) is 12.4 Å². The Morgan fingerprint density at radius 2 is 1.64 bits per heavy atom. The predicted octanol–water partition coefficient (Wildman–Crippen LogP) is 0.558. The van der Waals surface area contributed by atoms with Crippen LogP contribution in [0.2, 0.25) is 0 Å². The average Bonchev–Trinajstić information content (AvgIpc) is 3.15. The summed E-state index contributed by atoms with van der Waals surface area (Å²) in [5.41, 5.74) is 2.51. The van der Waals surface area contributed by atoms with Gasteiger partial charge in [0.2, 0.25) is 0 Å². The highest BCUT2D eigenvalue weighted by Gasteiger charge is 2.35. The Balaban J connectivity index is 1.50. The number of carbonyl (C=O) groups is 2. The normalized spacial score (nSPS) is 14.5. The zero-order chi connectivity index (χ0) is 20.1. The summed E-state index contributed by atoms with van der Waals surface area (Å²) in [4.78, 5) is 25.7. The number of halogens is 1. The van der Waals surface area contributed by atoms with E-state index in [4.69, 9.17) is 0 Å². The molecule has 0 aliphatic carbocycles. The first-order valence-corrected chi connectivity index (χ1v) is 8.69. The minimum Gasteiger partial charge on any atom is -0.380 e. The van der Waals surface area contributed by atoms with Crippen LogP contribution in [0.3, 0.4) is 0 Å². The molecular formula is C21H19FN2O4. The molecule has 0 saturated heterocycles. The van der Waals surface area contributed by atoms with Gasteiger partial charge in [-0.1, -0.05) is 36.1 Å². The summed E-state index contributed by atoms with van der Waals surface area (Å²) in [7, 11) is 0. The first-order chi connectivity index (χ1) is 13.5. The van der Waals surface area contributed by atoms with E-state index >= 15 is 0 Å². The topological polar surface area (TPSA) is 89.9 Å². The van der Waals surface area contributed by atoms with Crippen LogP contribution >= 0.6 is 0 Å². The van der Waals surface area contributed by atoms with Gasteiger partial charge in [0.15, 0.2) is 12.2 Å². The molecule has 144 valence electrons. The number of aliphatic hydroxyl groups is 2. The second-order valence-electron chi connectivity index (χ2n) is 6.38. The van der Waals surface area contributed by atoms with Crippen LogP contribution in [-0.2, 0) is 22.7 Å². The van der Waals surface area contributed by atoms with E-state index in [0.717, 1.165) is 11.1 Å². The number of benzene rings is 2. The van der Waals surface area contributed by atoms with Gasteiger partial charge in [0.1, 0.15) is 5.82 Å². The lowest BCUT2D eigenvalue weighted by Gasteiger charge is -2.22. The summed E-state index contributed by atoms with van der Waals surface area (Å²) in [5, 5.41) is 22.4. The average molecular weight is 382 g/mol. The standard InChI is InChI=1S/C21H19FN2O4/c22-17-9-7-14(8-10-17)4-3-11-23-20(27)18(25)19(26)21(28)24-12-15-5-1-2-6-16(15)13-24/h1-2,5-10,18-19,25-26H,11-13H2,(H,23,27)/t18-,19-/m1/s1. The molecule has 2 atom stereocenters. The lowest BCUT2D eigenvalue weighted by molar-refractivity contribution is -0.153. The third-order valence-electron chi connectivity index (χ3n) is 4.40. The molecule has 6 nitrogen and oxygen atoms in total. The maximum absolute atomic E-state index is 12.8. The van der Waals surface area contributed by atoms with Crippen LogP contribution in [0, 0.1) is 17.7 Å². The Hall–Kier alpha value is -3.21. The van der Waals surface area contributed by atoms with Crippen LogP contribution in [0.25, 0.3) is 0 Å². The molecule has 0 unspecified atom stereocenters. The maximum Gasteiger partial charge on any atom is 0.255 e. The minimum absolute atomic E-state index is 0.0939. The van der Waals surface area contributed by atoms with Gasteiger partial charge in [-0.05, 0) is 35.4 Å². The number of aliphatic hydroxyl groups excluding tert-OH is 2. The van der Waals surface area contributed by atoms with Gasteiger partial charge in [-0.15, -0.1) is 0 Å². The van der Waals surface area contributed by atoms with Crippen molar-refractivity contribution in [2.24, 2.45) is 0 Å². The summed E-state index contributed by atoms with van der Waals surface area (Å²) in [5.74, 6) is 3.39. The first kappa shape index (κ1) is 19.5. The molecule has 0 aromatic heterocycles. The lowest BCUT2D eigenvalue weighted by atomic mass is 10.1. The van der Waals surface area contributed by atoms with E-state index < -0.39 is 24.0 Å². The van der Waals surface area contributed by atoms with E-state index in [1.807, 2.05) is 24.3 Å². The molecule has 3 N–H and O–H groups in total. The van der Waals surface area contributed by atoms with Gasteiger partial charge < -0.3 is 20.4 Å². The fourth-order valence-electron chi connectivity index (χ4n) is 2.87. The molecule has 1 aliphatic rings. The number of carbonyl (C=O) groups excluding carboxylic acids is 2. The van der Waals surface area contributed by atoms with E-state index in [1.165, 1.54) is 29.2 Å². The highest BCUT2D eigenvalue weighted by atomic mass is 19.1. The Bertz CT molecular complexity index is 908. The molecule has 2 aromatic carbocycles. The van der Waals surface area contributed by atoms with E-state index in [1.54, 1.807) is 0 Å². The molecule has 1 aliphatic heterocycles. The fraction of sp³-hybridized carbons (Fsp3) is 0.238. The van der Waals surface area contributed by atoms with E-state index in [0.29, 0.717) is 18.7 Å². The van der Waals surface area contributed by atoms with Crippen molar-refractivity contribution in [2.45, 2.75) is 25.3 Å². The number of nitrogens with one attached hydrogen (secondary N) is 1. The number of rotatable bonds is 4. The monoisotopic (exact) mass is 382 g/mol. The molecule has 2 amide bonds. The predicted molar refractivity (Wildman–Crippen MR) is 99.0 cm³/mol. The molecule has 0 bridgehead atoms. The number of fused-ring (bicyclic) bond motifs is 1. The van der Waals surface area contributed by atoms with Crippen molar-refractivity contribution in [1.29, 1.82) is 0 Å². The summed E-state index contributed by atoms with van der Waals surface area (Å²) >= 11 is 0. The van der Waals surface area contributed by atoms with Gasteiger partial charge in [-0.2, -0.15) is 0 Å². The lowest BCUT2D eigenvalue weighted by Crippen LogP contribution is -2.49. The summed E-state index contributed by atoms with van der Waals surface area (Å²) < 4.78 is 12.8. The van der Waals surface area contributed by atoms with Gasteiger partial charge in [0.05, 0.1) is 6.54 Å². The van der Waals surface area contributed by atoms with Crippen molar-refractivity contribution >= 4 is 11.8 Å². The van der Waals surface area contributed by atoms with Crippen molar-refractivity contribution in [3.8, 4) is 11.8 Å². The summed E-state index contributed by atoms with van der Waals surface area (Å²) in [6, 6.07) is 13.0. The smallest absolute Gasteiger partial charge is 0.255 e. The molecule has 1 heterocycles. The second kappa shape index (κ2) is 8.65. The van der Waals surface area contributed by atoms with Crippen LogP contribution in [0.15, 0.2) is 48.5 Å². The molecule has 3 rings (SSSR count). The third kappa shape index (κ3) is 4.55. The van der Waals surface area contributed by atoms with Crippen LogP contribution in [0.1, 0.15) is 16.7 Å². The molecule has 0 radical (unpaired) electrons. The van der Waals surface area contributed by atoms with Gasteiger partial charge in [-0.25, -0.2) is 4.39 Å². The van der Waals surface area contributed by atoms with Gasteiger partial charge in [-0.3, -0.25) is 9.59 Å². The number of nitrogens with zero attached hydrogens (tertiary/aromatic N) is 1. The van der Waals surface area contributed by atoms with Crippen molar-refractivity contribution in [3.63, 3.8) is 0 Å². The quantitative estimate of drug-likeness (QED) is 0.674. The molecule has 7 heteroatoms. The molecule has 0 spiro atoms. The zero-order valence-electron chi connectivity index (χ0n) is 14.9. The van der Waals surface area contributed by atoms with Gasteiger partial charge >= 0.3 is 0 Å². The van der Waals surface area contributed by atoms with Gasteiger partial charge in [0.25, 0.3) is 11.8 Å². The number of amides is 2. The van der Waals surface area contributed by atoms with Crippen LogP contribution in [0.5, 0.6) is 0 Å². The Morgan fingerprint density at radius 1 is 1.04 bits per heavy atom. The second-order valence-corrected chi connectivity index (χ2v) is 6.38. The zero-order valence-corrected chi connectivity index (χ0v) is 14.9. The van der Waals surface area contributed by atoms with E-state index in [2.05, 4.69) is 17.2 Å². The number of hydrogen-bond donors (Lipinski definition) is 3. The third-order valence-corrected chi connectivity index (χ3v) is 4.40. The highest BCUT2D eigenvalue weighted by Crippen LogP contribution is 2.23. The van der Waals surface area contributed by atoms with Crippen LogP contribution in [0.4, 0.5) is 4.39 Å².